The van der Waals surface area contributed by atoms with Crippen molar-refractivity contribution in [3.8, 4) is 0 Å². The summed E-state index contributed by atoms with van der Waals surface area (Å²) >= 11 is 0. The standard InChI is InChI=1S/C13H16N4O2S/c1-3-14-13-11(7-6-10-16-13)20(18,19)17(2)12-8-4-5-9-15-12/h4-10H,3H2,1-2H3,(H,14,16). The highest BCUT2D eigenvalue weighted by atomic mass is 32.2. The van der Waals surface area contributed by atoms with Crippen molar-refractivity contribution in [2.24, 2.45) is 0 Å². The molecule has 0 radical (unpaired) electrons. The van der Waals surface area contributed by atoms with Gasteiger partial charge < -0.3 is 5.32 Å². The van der Waals surface area contributed by atoms with Gasteiger partial charge in [-0.15, -0.1) is 0 Å². The lowest BCUT2D eigenvalue weighted by Crippen LogP contribution is -2.28. The first-order valence-electron chi connectivity index (χ1n) is 6.16. The van der Waals surface area contributed by atoms with E-state index in [9.17, 15) is 8.42 Å². The molecule has 2 rings (SSSR count). The average Bonchev–Trinajstić information content (AvgIpc) is 2.48. The van der Waals surface area contributed by atoms with Gasteiger partial charge in [0.25, 0.3) is 10.0 Å². The lowest BCUT2D eigenvalue weighted by molar-refractivity contribution is 0.594. The predicted molar refractivity (Wildman–Crippen MR) is 78.2 cm³/mol. The van der Waals surface area contributed by atoms with E-state index in [2.05, 4.69) is 15.3 Å². The number of pyridine rings is 2. The Morgan fingerprint density at radius 1 is 1.15 bits per heavy atom. The summed E-state index contributed by atoms with van der Waals surface area (Å²) in [5.41, 5.74) is 0. The molecule has 2 heterocycles. The zero-order chi connectivity index (χ0) is 14.6. The van der Waals surface area contributed by atoms with Crippen molar-refractivity contribution in [3.63, 3.8) is 0 Å². The first-order chi connectivity index (χ1) is 9.57. The van der Waals surface area contributed by atoms with Gasteiger partial charge in [0.05, 0.1) is 0 Å². The second-order valence-electron chi connectivity index (χ2n) is 4.04. The van der Waals surface area contributed by atoms with Crippen LogP contribution < -0.4 is 9.62 Å². The molecule has 6 nitrogen and oxygen atoms in total. The Balaban J connectivity index is 2.45. The van der Waals surface area contributed by atoms with Crippen LogP contribution in [0.5, 0.6) is 0 Å². The van der Waals surface area contributed by atoms with Gasteiger partial charge in [0.2, 0.25) is 0 Å². The Morgan fingerprint density at radius 2 is 1.90 bits per heavy atom. The number of nitrogens with one attached hydrogen (secondary N) is 1. The third-order valence-corrected chi connectivity index (χ3v) is 4.52. The summed E-state index contributed by atoms with van der Waals surface area (Å²) in [4.78, 5) is 8.26. The van der Waals surface area contributed by atoms with Crippen molar-refractivity contribution in [1.82, 2.24) is 9.97 Å². The van der Waals surface area contributed by atoms with E-state index >= 15 is 0 Å². The van der Waals surface area contributed by atoms with E-state index < -0.39 is 10.0 Å². The molecule has 1 N–H and O–H groups in total. The van der Waals surface area contributed by atoms with E-state index in [0.717, 1.165) is 4.31 Å². The zero-order valence-electron chi connectivity index (χ0n) is 11.3. The molecule has 0 bridgehead atoms. The fourth-order valence-corrected chi connectivity index (χ4v) is 2.98. The van der Waals surface area contributed by atoms with Crippen LogP contribution in [-0.4, -0.2) is 32.0 Å². The van der Waals surface area contributed by atoms with Crippen molar-refractivity contribution in [3.05, 3.63) is 42.7 Å². The normalized spacial score (nSPS) is 11.1. The van der Waals surface area contributed by atoms with E-state index in [0.29, 0.717) is 18.2 Å². The minimum atomic E-state index is -3.70. The lowest BCUT2D eigenvalue weighted by Gasteiger charge is -2.19. The molecule has 0 aliphatic rings. The summed E-state index contributed by atoms with van der Waals surface area (Å²) in [6.45, 7) is 2.47. The number of sulfonamides is 1. The molecule has 0 spiro atoms. The molecule has 0 aliphatic carbocycles. The maximum atomic E-state index is 12.6. The quantitative estimate of drug-likeness (QED) is 0.908. The molecule has 2 aromatic heterocycles. The van der Waals surface area contributed by atoms with Crippen LogP contribution in [0.15, 0.2) is 47.6 Å². The van der Waals surface area contributed by atoms with Crippen molar-refractivity contribution < 1.29 is 8.42 Å². The highest BCUT2D eigenvalue weighted by molar-refractivity contribution is 7.93. The first-order valence-corrected chi connectivity index (χ1v) is 7.60. The summed E-state index contributed by atoms with van der Waals surface area (Å²) < 4.78 is 26.4. The Labute approximate surface area is 118 Å². The Morgan fingerprint density at radius 3 is 2.55 bits per heavy atom. The van der Waals surface area contributed by atoms with Gasteiger partial charge in [-0.25, -0.2) is 18.4 Å². The van der Waals surface area contributed by atoms with Crippen LogP contribution in [0.4, 0.5) is 11.6 Å². The fourth-order valence-electron chi connectivity index (χ4n) is 1.71. The predicted octanol–water partition coefficient (Wildman–Crippen LogP) is 1.73. The minimum Gasteiger partial charge on any atom is -0.369 e. The first kappa shape index (κ1) is 14.3. The van der Waals surface area contributed by atoms with Gasteiger partial charge in [-0.1, -0.05) is 6.07 Å². The molecule has 0 unspecified atom stereocenters. The molecule has 7 heteroatoms. The average molecular weight is 292 g/mol. The zero-order valence-corrected chi connectivity index (χ0v) is 12.1. The Hall–Kier alpha value is -2.15. The number of nitrogens with zero attached hydrogens (tertiary/aromatic N) is 3. The molecule has 0 amide bonds. The van der Waals surface area contributed by atoms with Gasteiger partial charge in [-0.2, -0.15) is 0 Å². The highest BCUT2D eigenvalue weighted by Gasteiger charge is 2.25. The largest absolute Gasteiger partial charge is 0.369 e. The van der Waals surface area contributed by atoms with Gasteiger partial charge in [0.15, 0.2) is 0 Å². The van der Waals surface area contributed by atoms with Crippen LogP contribution in [0.1, 0.15) is 6.92 Å². The van der Waals surface area contributed by atoms with Gasteiger partial charge in [-0.3, -0.25) is 4.31 Å². The number of anilines is 2. The molecule has 0 fully saturated rings. The van der Waals surface area contributed by atoms with Crippen molar-refractivity contribution in [2.45, 2.75) is 11.8 Å². The van der Waals surface area contributed by atoms with Crippen LogP contribution >= 0.6 is 0 Å². The topological polar surface area (TPSA) is 75.2 Å². The maximum absolute atomic E-state index is 12.6. The van der Waals surface area contributed by atoms with Gasteiger partial charge in [0, 0.05) is 26.0 Å². The van der Waals surface area contributed by atoms with Crippen LogP contribution in [-0.2, 0) is 10.0 Å². The maximum Gasteiger partial charge on any atom is 0.268 e. The van der Waals surface area contributed by atoms with E-state index in [-0.39, 0.29) is 4.90 Å². The monoisotopic (exact) mass is 292 g/mol. The molecule has 0 saturated carbocycles. The fraction of sp³-hybridized carbons (Fsp3) is 0.231. The lowest BCUT2D eigenvalue weighted by atomic mass is 10.4. The SMILES string of the molecule is CCNc1ncccc1S(=O)(=O)N(C)c1ccccn1. The second-order valence-corrected chi connectivity index (χ2v) is 5.98. The molecule has 2 aromatic rings. The third kappa shape index (κ3) is 2.72. The van der Waals surface area contributed by atoms with E-state index in [1.54, 1.807) is 36.7 Å². The van der Waals surface area contributed by atoms with Crippen LogP contribution in [0.3, 0.4) is 0 Å². The Kier molecular flexibility index (Phi) is 4.19. The number of rotatable bonds is 5. The van der Waals surface area contributed by atoms with Crippen molar-refractivity contribution in [1.29, 1.82) is 0 Å². The number of aromatic nitrogens is 2. The van der Waals surface area contributed by atoms with Gasteiger partial charge >= 0.3 is 0 Å². The van der Waals surface area contributed by atoms with Crippen molar-refractivity contribution >= 4 is 21.7 Å². The van der Waals surface area contributed by atoms with E-state index in [1.807, 2.05) is 6.92 Å². The van der Waals surface area contributed by atoms with Crippen LogP contribution in [0.2, 0.25) is 0 Å². The Bertz CT molecular complexity index is 674. The highest BCUT2D eigenvalue weighted by Crippen LogP contribution is 2.24. The molecule has 0 aliphatic heterocycles. The van der Waals surface area contributed by atoms with Gasteiger partial charge in [0.1, 0.15) is 16.5 Å². The molecule has 106 valence electrons. The van der Waals surface area contributed by atoms with E-state index in [4.69, 9.17) is 0 Å². The number of hydrogen-bond acceptors (Lipinski definition) is 5. The molecule has 20 heavy (non-hydrogen) atoms. The summed E-state index contributed by atoms with van der Waals surface area (Å²) in [7, 11) is -2.23. The molecule has 0 saturated heterocycles. The summed E-state index contributed by atoms with van der Waals surface area (Å²) in [6, 6.07) is 8.24. The van der Waals surface area contributed by atoms with Gasteiger partial charge in [-0.05, 0) is 31.2 Å². The minimum absolute atomic E-state index is 0.134. The molecule has 0 aromatic carbocycles. The van der Waals surface area contributed by atoms with Crippen molar-refractivity contribution in [2.75, 3.05) is 23.2 Å². The van der Waals surface area contributed by atoms with E-state index in [1.165, 1.54) is 13.1 Å². The summed E-state index contributed by atoms with van der Waals surface area (Å²) in [5.74, 6) is 0.705. The second kappa shape index (κ2) is 5.87. The number of hydrogen-bond donors (Lipinski definition) is 1. The summed E-state index contributed by atoms with van der Waals surface area (Å²) in [6.07, 6.45) is 3.10. The van der Waals surface area contributed by atoms with Crippen LogP contribution in [0.25, 0.3) is 0 Å². The molecule has 0 atom stereocenters. The smallest absolute Gasteiger partial charge is 0.268 e. The summed E-state index contributed by atoms with van der Waals surface area (Å²) in [5, 5.41) is 2.95. The molecular formula is C13H16N4O2S. The third-order valence-electron chi connectivity index (χ3n) is 2.73. The van der Waals surface area contributed by atoms with Crippen LogP contribution in [0, 0.1) is 0 Å². The molecular weight excluding hydrogens is 276 g/mol.